The summed E-state index contributed by atoms with van der Waals surface area (Å²) >= 11 is 1.20. The minimum atomic E-state index is -0.0556. The van der Waals surface area contributed by atoms with Crippen molar-refractivity contribution in [2.24, 2.45) is 0 Å². The van der Waals surface area contributed by atoms with Gasteiger partial charge >= 0.3 is 0 Å². The molecular formula is C6H10O2S. The second-order valence-electron chi connectivity index (χ2n) is 1.53. The molecule has 0 aromatic rings. The summed E-state index contributed by atoms with van der Waals surface area (Å²) in [4.78, 5) is 10.7. The molecule has 1 N–H and O–H groups in total. The lowest BCUT2D eigenvalue weighted by molar-refractivity contribution is -0.107. The van der Waals surface area contributed by atoms with Crippen LogP contribution in [0.1, 0.15) is 13.8 Å². The normalized spacial score (nSPS) is 11.6. The molecule has 0 radical (unpaired) electrons. The first-order chi connectivity index (χ1) is 4.22. The minimum absolute atomic E-state index is 0.0556. The summed E-state index contributed by atoms with van der Waals surface area (Å²) in [5, 5.41) is 8.28. The lowest BCUT2D eigenvalue weighted by atomic mass is 10.4. The summed E-state index contributed by atoms with van der Waals surface area (Å²) in [6.07, 6.45) is 0.838. The molecule has 0 aliphatic carbocycles. The molecule has 0 saturated heterocycles. The Bertz CT molecular complexity index is 129. The largest absolute Gasteiger partial charge is 0.515 e. The Morgan fingerprint density at radius 2 is 2.33 bits per heavy atom. The highest BCUT2D eigenvalue weighted by molar-refractivity contribution is 8.14. The third-order valence-electron chi connectivity index (χ3n) is 0.791. The van der Waals surface area contributed by atoms with E-state index < -0.39 is 0 Å². The molecule has 0 spiro atoms. The molecule has 52 valence electrons. The van der Waals surface area contributed by atoms with Crippen LogP contribution in [0, 0.1) is 0 Å². The zero-order valence-corrected chi connectivity index (χ0v) is 6.36. The van der Waals surface area contributed by atoms with E-state index in [0.29, 0.717) is 5.57 Å². The summed E-state index contributed by atoms with van der Waals surface area (Å²) in [6.45, 7) is 3.48. The van der Waals surface area contributed by atoms with Gasteiger partial charge in [0.2, 0.25) is 5.12 Å². The predicted octanol–water partition coefficient (Wildman–Crippen LogP) is 1.73. The Morgan fingerprint density at radius 1 is 1.78 bits per heavy atom. The molecule has 0 aromatic carbocycles. The van der Waals surface area contributed by atoms with Crippen molar-refractivity contribution >= 4 is 16.9 Å². The van der Waals surface area contributed by atoms with Crippen LogP contribution in [0.4, 0.5) is 0 Å². The van der Waals surface area contributed by atoms with Gasteiger partial charge in [0, 0.05) is 5.57 Å². The third-order valence-corrected chi connectivity index (χ3v) is 1.66. The number of aliphatic hydroxyl groups excluding tert-OH is 1. The van der Waals surface area contributed by atoms with Crippen LogP contribution in [0.5, 0.6) is 0 Å². The summed E-state index contributed by atoms with van der Waals surface area (Å²) in [6, 6.07) is 0. The smallest absolute Gasteiger partial charge is 0.218 e. The second-order valence-corrected chi connectivity index (χ2v) is 2.77. The van der Waals surface area contributed by atoms with E-state index in [9.17, 15) is 4.79 Å². The Kier molecular flexibility index (Phi) is 4.22. The van der Waals surface area contributed by atoms with Crippen LogP contribution in [-0.4, -0.2) is 16.0 Å². The van der Waals surface area contributed by atoms with Gasteiger partial charge in [-0.05, 0) is 12.7 Å². The molecule has 0 saturated carbocycles. The van der Waals surface area contributed by atoms with Crippen molar-refractivity contribution in [3.05, 3.63) is 11.8 Å². The number of hydrogen-bond acceptors (Lipinski definition) is 3. The SMILES string of the molecule is CCSC(=O)/C(C)=C/O. The fourth-order valence-electron chi connectivity index (χ4n) is 0.298. The van der Waals surface area contributed by atoms with E-state index in [0.717, 1.165) is 12.0 Å². The molecule has 0 amide bonds. The molecule has 0 bridgehead atoms. The van der Waals surface area contributed by atoms with Gasteiger partial charge in [-0.1, -0.05) is 18.7 Å². The van der Waals surface area contributed by atoms with E-state index in [1.54, 1.807) is 6.92 Å². The Labute approximate surface area is 59.0 Å². The number of thioether (sulfide) groups is 1. The molecule has 0 fully saturated rings. The van der Waals surface area contributed by atoms with Gasteiger partial charge in [-0.2, -0.15) is 0 Å². The third kappa shape index (κ3) is 3.19. The van der Waals surface area contributed by atoms with E-state index in [1.165, 1.54) is 11.8 Å². The van der Waals surface area contributed by atoms with Crippen molar-refractivity contribution in [2.75, 3.05) is 5.75 Å². The monoisotopic (exact) mass is 146 g/mol. The van der Waals surface area contributed by atoms with E-state index in [2.05, 4.69) is 0 Å². The summed E-state index contributed by atoms with van der Waals surface area (Å²) in [7, 11) is 0. The van der Waals surface area contributed by atoms with Gasteiger partial charge in [0.15, 0.2) is 0 Å². The molecule has 9 heavy (non-hydrogen) atoms. The van der Waals surface area contributed by atoms with Gasteiger partial charge in [-0.25, -0.2) is 0 Å². The van der Waals surface area contributed by atoms with Gasteiger partial charge in [0.25, 0.3) is 0 Å². The van der Waals surface area contributed by atoms with Crippen LogP contribution in [-0.2, 0) is 4.79 Å². The van der Waals surface area contributed by atoms with Crippen LogP contribution >= 0.6 is 11.8 Å². The number of rotatable bonds is 2. The Balaban J connectivity index is 3.74. The predicted molar refractivity (Wildman–Crippen MR) is 39.5 cm³/mol. The Hall–Kier alpha value is -0.440. The van der Waals surface area contributed by atoms with Gasteiger partial charge < -0.3 is 5.11 Å². The number of carbonyl (C=O) groups excluding carboxylic acids is 1. The van der Waals surface area contributed by atoms with Crippen LogP contribution < -0.4 is 0 Å². The van der Waals surface area contributed by atoms with E-state index >= 15 is 0 Å². The summed E-state index contributed by atoms with van der Waals surface area (Å²) < 4.78 is 0. The lowest BCUT2D eigenvalue weighted by Crippen LogP contribution is -1.92. The van der Waals surface area contributed by atoms with E-state index in [4.69, 9.17) is 5.11 Å². The number of hydrogen-bond donors (Lipinski definition) is 1. The Morgan fingerprint density at radius 3 is 2.67 bits per heavy atom. The zero-order chi connectivity index (χ0) is 7.28. The van der Waals surface area contributed by atoms with Gasteiger partial charge in [-0.3, -0.25) is 4.79 Å². The van der Waals surface area contributed by atoms with Crippen molar-refractivity contribution in [3.8, 4) is 0 Å². The molecule has 0 heterocycles. The highest BCUT2D eigenvalue weighted by Crippen LogP contribution is 2.07. The molecule has 2 nitrogen and oxygen atoms in total. The maximum Gasteiger partial charge on any atom is 0.218 e. The van der Waals surface area contributed by atoms with Gasteiger partial charge in [0.05, 0.1) is 6.26 Å². The van der Waals surface area contributed by atoms with Crippen LogP contribution in [0.15, 0.2) is 11.8 Å². The molecule has 3 heteroatoms. The highest BCUT2D eigenvalue weighted by Gasteiger charge is 2.01. The highest BCUT2D eigenvalue weighted by atomic mass is 32.2. The van der Waals surface area contributed by atoms with Crippen LogP contribution in [0.25, 0.3) is 0 Å². The number of carbonyl (C=O) groups is 1. The van der Waals surface area contributed by atoms with Crippen molar-refractivity contribution in [2.45, 2.75) is 13.8 Å². The second kappa shape index (κ2) is 4.44. The van der Waals surface area contributed by atoms with Gasteiger partial charge in [-0.15, -0.1) is 0 Å². The fourth-order valence-corrected chi connectivity index (χ4v) is 0.840. The molecule has 0 atom stereocenters. The summed E-state index contributed by atoms with van der Waals surface area (Å²) in [5.74, 6) is 0.754. The molecular weight excluding hydrogens is 136 g/mol. The molecule has 0 rings (SSSR count). The quantitative estimate of drug-likeness (QED) is 0.476. The van der Waals surface area contributed by atoms with E-state index in [1.807, 2.05) is 6.92 Å². The van der Waals surface area contributed by atoms with E-state index in [-0.39, 0.29) is 5.12 Å². The van der Waals surface area contributed by atoms with Crippen molar-refractivity contribution < 1.29 is 9.90 Å². The first kappa shape index (κ1) is 8.56. The van der Waals surface area contributed by atoms with Crippen molar-refractivity contribution in [1.29, 1.82) is 0 Å². The molecule has 0 aliphatic rings. The minimum Gasteiger partial charge on any atom is -0.515 e. The first-order valence-corrected chi connectivity index (χ1v) is 3.69. The number of aliphatic hydroxyl groups is 1. The zero-order valence-electron chi connectivity index (χ0n) is 5.55. The average molecular weight is 146 g/mol. The maximum atomic E-state index is 10.7. The molecule has 0 unspecified atom stereocenters. The average Bonchev–Trinajstić information content (AvgIpc) is 1.87. The van der Waals surface area contributed by atoms with Crippen LogP contribution in [0.3, 0.4) is 0 Å². The van der Waals surface area contributed by atoms with Gasteiger partial charge in [0.1, 0.15) is 0 Å². The standard InChI is InChI=1S/C6H10O2S/c1-3-9-6(8)5(2)4-7/h4,7H,3H2,1-2H3/b5-4+. The van der Waals surface area contributed by atoms with Crippen molar-refractivity contribution in [3.63, 3.8) is 0 Å². The maximum absolute atomic E-state index is 10.7. The van der Waals surface area contributed by atoms with Crippen molar-refractivity contribution in [1.82, 2.24) is 0 Å². The lowest BCUT2D eigenvalue weighted by Gasteiger charge is -1.93. The first-order valence-electron chi connectivity index (χ1n) is 2.70. The topological polar surface area (TPSA) is 37.3 Å². The fraction of sp³-hybridized carbons (Fsp3) is 0.500. The van der Waals surface area contributed by atoms with Crippen LogP contribution in [0.2, 0.25) is 0 Å². The molecule has 0 aromatic heterocycles. The molecule has 0 aliphatic heterocycles. The summed E-state index contributed by atoms with van der Waals surface area (Å²) in [5.41, 5.74) is 0.404.